The van der Waals surface area contributed by atoms with Crippen molar-refractivity contribution in [3.8, 4) is 33.8 Å². The predicted molar refractivity (Wildman–Crippen MR) is 229 cm³/mol. The van der Waals surface area contributed by atoms with Crippen LogP contribution in [0.5, 0.6) is 0 Å². The zero-order chi connectivity index (χ0) is 35.3. The van der Waals surface area contributed by atoms with E-state index in [0.29, 0.717) is 5.82 Å². The van der Waals surface area contributed by atoms with Gasteiger partial charge in [0.1, 0.15) is 11.2 Å². The lowest BCUT2D eigenvalue weighted by molar-refractivity contribution is 0.669. The van der Waals surface area contributed by atoms with Crippen LogP contribution in [0.1, 0.15) is 0 Å². The molecule has 0 aliphatic carbocycles. The number of nitrogens with zero attached hydrogens (tertiary/aromatic N) is 2. The van der Waals surface area contributed by atoms with Crippen LogP contribution >= 0.6 is 11.3 Å². The van der Waals surface area contributed by atoms with Gasteiger partial charge in [0, 0.05) is 32.0 Å². The maximum Gasteiger partial charge on any atom is 0.161 e. The molecule has 3 heterocycles. The van der Waals surface area contributed by atoms with Crippen LogP contribution in [-0.4, -0.2) is 9.97 Å². The number of hydrogen-bond donors (Lipinski definition) is 0. The average Bonchev–Trinajstić information content (AvgIpc) is 3.81. The third-order valence-electron chi connectivity index (χ3n) is 11.1. The molecule has 0 radical (unpaired) electrons. The smallest absolute Gasteiger partial charge is 0.161 e. The Morgan fingerprint density at radius 2 is 1.07 bits per heavy atom. The highest BCUT2D eigenvalue weighted by Gasteiger charge is 2.20. The van der Waals surface area contributed by atoms with Crippen LogP contribution in [-0.2, 0) is 0 Å². The molecule has 54 heavy (non-hydrogen) atoms. The van der Waals surface area contributed by atoms with Crippen molar-refractivity contribution in [3.05, 3.63) is 170 Å². The SMILES string of the molecule is c1ccc2cc(-c3ccc4c(c3)oc3cccc(-c5nc(-c6ccc7ccc8c9ccccc9ccc8c7c6)c6sc7ccccc7c6n5)c34)ccc2c1. The molecule has 12 aromatic rings. The maximum atomic E-state index is 6.59. The fourth-order valence-electron chi connectivity index (χ4n) is 8.43. The van der Waals surface area contributed by atoms with Gasteiger partial charge in [-0.15, -0.1) is 11.3 Å². The third kappa shape index (κ3) is 4.41. The summed E-state index contributed by atoms with van der Waals surface area (Å²) in [5.74, 6) is 0.692. The topological polar surface area (TPSA) is 38.9 Å². The predicted octanol–water partition coefficient (Wildman–Crippen LogP) is 14.4. The van der Waals surface area contributed by atoms with Gasteiger partial charge in [-0.3, -0.25) is 0 Å². The molecule has 9 aromatic carbocycles. The van der Waals surface area contributed by atoms with Crippen molar-refractivity contribution in [2.24, 2.45) is 0 Å². The summed E-state index contributed by atoms with van der Waals surface area (Å²) in [6.45, 7) is 0. The highest BCUT2D eigenvalue weighted by atomic mass is 32.1. The van der Waals surface area contributed by atoms with E-state index in [1.165, 1.54) is 47.8 Å². The number of hydrogen-bond acceptors (Lipinski definition) is 4. The first-order valence-electron chi connectivity index (χ1n) is 18.2. The number of thiophene rings is 1. The van der Waals surface area contributed by atoms with Crippen molar-refractivity contribution in [2.75, 3.05) is 0 Å². The Kier molecular flexibility index (Phi) is 6.21. The molecular formula is C50H28N2OS. The van der Waals surface area contributed by atoms with Crippen LogP contribution in [0.4, 0.5) is 0 Å². The van der Waals surface area contributed by atoms with Crippen molar-refractivity contribution in [1.82, 2.24) is 9.97 Å². The van der Waals surface area contributed by atoms with E-state index < -0.39 is 0 Å². The van der Waals surface area contributed by atoms with E-state index in [-0.39, 0.29) is 0 Å². The summed E-state index contributed by atoms with van der Waals surface area (Å²) in [5, 5.41) is 13.1. The Morgan fingerprint density at radius 3 is 1.98 bits per heavy atom. The van der Waals surface area contributed by atoms with Gasteiger partial charge in [0.25, 0.3) is 0 Å². The molecule has 0 spiro atoms. The van der Waals surface area contributed by atoms with Crippen LogP contribution in [0.15, 0.2) is 174 Å². The monoisotopic (exact) mass is 704 g/mol. The number of aromatic nitrogens is 2. The Bertz CT molecular complexity index is 3520. The quantitative estimate of drug-likeness (QED) is 0.172. The van der Waals surface area contributed by atoms with Crippen molar-refractivity contribution in [1.29, 1.82) is 0 Å². The summed E-state index contributed by atoms with van der Waals surface area (Å²) < 4.78 is 8.88. The van der Waals surface area contributed by atoms with Gasteiger partial charge in [-0.1, -0.05) is 133 Å². The van der Waals surface area contributed by atoms with E-state index in [1.54, 1.807) is 11.3 Å². The molecule has 12 rings (SSSR count). The molecule has 0 saturated carbocycles. The fourth-order valence-corrected chi connectivity index (χ4v) is 9.59. The summed E-state index contributed by atoms with van der Waals surface area (Å²) in [6, 6.07) is 60.8. The van der Waals surface area contributed by atoms with E-state index in [1.807, 2.05) is 6.07 Å². The first-order valence-corrected chi connectivity index (χ1v) is 19.0. The lowest BCUT2D eigenvalue weighted by Gasteiger charge is -2.11. The molecule has 0 fully saturated rings. The molecule has 0 saturated heterocycles. The maximum absolute atomic E-state index is 6.59. The molecule has 0 aliphatic heterocycles. The van der Waals surface area contributed by atoms with E-state index in [0.717, 1.165) is 65.5 Å². The van der Waals surface area contributed by atoms with E-state index in [2.05, 4.69) is 164 Å². The van der Waals surface area contributed by atoms with Crippen molar-refractivity contribution in [3.63, 3.8) is 0 Å². The number of benzene rings is 9. The summed E-state index contributed by atoms with van der Waals surface area (Å²) in [4.78, 5) is 10.8. The van der Waals surface area contributed by atoms with Gasteiger partial charge in [0.15, 0.2) is 5.82 Å². The Morgan fingerprint density at radius 1 is 0.407 bits per heavy atom. The second-order valence-corrected chi connectivity index (χ2v) is 15.2. The Balaban J connectivity index is 1.08. The highest BCUT2D eigenvalue weighted by molar-refractivity contribution is 7.26. The Labute approximate surface area is 313 Å². The molecule has 0 amide bonds. The molecule has 3 nitrogen and oxygen atoms in total. The minimum atomic E-state index is 0.692. The number of fused-ring (bicyclic) bond motifs is 12. The lowest BCUT2D eigenvalue weighted by atomic mass is 9.95. The number of furan rings is 1. The molecule has 4 heteroatoms. The fraction of sp³-hybridized carbons (Fsp3) is 0. The van der Waals surface area contributed by atoms with E-state index in [4.69, 9.17) is 14.4 Å². The van der Waals surface area contributed by atoms with Crippen LogP contribution in [0.3, 0.4) is 0 Å². The van der Waals surface area contributed by atoms with E-state index in [9.17, 15) is 0 Å². The zero-order valence-electron chi connectivity index (χ0n) is 28.9. The largest absolute Gasteiger partial charge is 0.456 e. The minimum absolute atomic E-state index is 0.692. The van der Waals surface area contributed by atoms with Gasteiger partial charge >= 0.3 is 0 Å². The van der Waals surface area contributed by atoms with Crippen LogP contribution in [0.25, 0.3) is 119 Å². The molecule has 3 aromatic heterocycles. The summed E-state index contributed by atoms with van der Waals surface area (Å²) in [5.41, 5.74) is 7.91. The van der Waals surface area contributed by atoms with Gasteiger partial charge in [-0.05, 0) is 90.6 Å². The van der Waals surface area contributed by atoms with Gasteiger partial charge in [0.2, 0.25) is 0 Å². The standard InChI is InChI=1S/C50H28N2OS/c1-2-10-32-26-33(18-16-29(32)8-1)34-22-25-39-44(28-34)53-43-14-7-13-41(46(39)43)50-51-47(49-48(52-50)40-12-5-6-15-45(40)54-49)35-19-17-31-21-23-37-36-11-4-3-9-30(36)20-24-38(37)42(31)27-35/h1-28H. The molecule has 0 atom stereocenters. The van der Waals surface area contributed by atoms with Gasteiger partial charge in [-0.2, -0.15) is 0 Å². The summed E-state index contributed by atoms with van der Waals surface area (Å²) in [7, 11) is 0. The molecule has 250 valence electrons. The Hall–Kier alpha value is -6.88. The van der Waals surface area contributed by atoms with Crippen LogP contribution < -0.4 is 0 Å². The van der Waals surface area contributed by atoms with Crippen LogP contribution in [0, 0.1) is 0 Å². The lowest BCUT2D eigenvalue weighted by Crippen LogP contribution is -1.94. The first-order chi connectivity index (χ1) is 26.7. The highest BCUT2D eigenvalue weighted by Crippen LogP contribution is 2.43. The second-order valence-electron chi connectivity index (χ2n) is 14.1. The molecule has 0 unspecified atom stereocenters. The third-order valence-corrected chi connectivity index (χ3v) is 12.2. The molecule has 0 aliphatic rings. The summed E-state index contributed by atoms with van der Waals surface area (Å²) in [6.07, 6.45) is 0. The van der Waals surface area contributed by atoms with Crippen molar-refractivity contribution in [2.45, 2.75) is 0 Å². The molecule has 0 bridgehead atoms. The molecular weight excluding hydrogens is 677 g/mol. The zero-order valence-corrected chi connectivity index (χ0v) is 29.7. The van der Waals surface area contributed by atoms with Crippen LogP contribution in [0.2, 0.25) is 0 Å². The van der Waals surface area contributed by atoms with Gasteiger partial charge in [0.05, 0.1) is 15.9 Å². The van der Waals surface area contributed by atoms with Gasteiger partial charge < -0.3 is 4.42 Å². The minimum Gasteiger partial charge on any atom is -0.456 e. The number of rotatable bonds is 3. The molecule has 0 N–H and O–H groups in total. The van der Waals surface area contributed by atoms with Gasteiger partial charge in [-0.25, -0.2) is 9.97 Å². The van der Waals surface area contributed by atoms with E-state index >= 15 is 0 Å². The average molecular weight is 705 g/mol. The first kappa shape index (κ1) is 29.7. The normalized spacial score (nSPS) is 12.1. The second kappa shape index (κ2) is 11.3. The summed E-state index contributed by atoms with van der Waals surface area (Å²) >= 11 is 1.76. The van der Waals surface area contributed by atoms with Crippen molar-refractivity contribution >= 4 is 96.7 Å². The van der Waals surface area contributed by atoms with Crippen molar-refractivity contribution < 1.29 is 4.42 Å².